The largest absolute Gasteiger partial charge is 0.506 e. The fraction of sp³-hybridized carbons (Fsp3) is 0.318. The molecular weight excluding hydrogens is 433 g/mol. The highest BCUT2D eigenvalue weighted by Crippen LogP contribution is 2.56. The molecule has 0 spiro atoms. The number of rotatable bonds is 3. The number of nitrogens with one attached hydrogen (secondary N) is 2. The minimum absolute atomic E-state index is 0.0381. The average molecular weight is 453 g/mol. The van der Waals surface area contributed by atoms with Gasteiger partial charge >= 0.3 is 6.18 Å². The Labute approximate surface area is 180 Å². The van der Waals surface area contributed by atoms with Crippen molar-refractivity contribution >= 4 is 28.2 Å². The van der Waals surface area contributed by atoms with Gasteiger partial charge in [0.1, 0.15) is 5.75 Å². The molecule has 4 rings (SSSR count). The van der Waals surface area contributed by atoms with Crippen molar-refractivity contribution in [1.82, 2.24) is 4.98 Å². The molecule has 0 radical (unpaired) electrons. The second-order valence-corrected chi connectivity index (χ2v) is 8.20. The van der Waals surface area contributed by atoms with Crippen molar-refractivity contribution in [2.45, 2.75) is 43.5 Å². The molecule has 0 saturated heterocycles. The smallest absolute Gasteiger partial charge is 0.419 e. The lowest BCUT2D eigenvalue weighted by Gasteiger charge is -2.46. The van der Waals surface area contributed by atoms with Gasteiger partial charge in [-0.05, 0) is 48.6 Å². The molecule has 0 fully saturated rings. The Kier molecular flexibility index (Phi) is 5.18. The number of aromatic amines is 1. The number of fused-ring (bicyclic) bond motifs is 2. The maximum absolute atomic E-state index is 14.2. The first kappa shape index (κ1) is 21.5. The van der Waals surface area contributed by atoms with Gasteiger partial charge < -0.3 is 20.5 Å². The van der Waals surface area contributed by atoms with Gasteiger partial charge in [-0.3, -0.25) is 4.79 Å². The summed E-state index contributed by atoms with van der Waals surface area (Å²) in [6.45, 7) is 1.69. The van der Waals surface area contributed by atoms with Gasteiger partial charge in [0, 0.05) is 22.7 Å². The highest BCUT2D eigenvalue weighted by molar-refractivity contribution is 6.32. The van der Waals surface area contributed by atoms with Gasteiger partial charge in [0.05, 0.1) is 16.6 Å². The summed E-state index contributed by atoms with van der Waals surface area (Å²) in [5.74, 6) is -1.01. The number of phenolic OH excluding ortho intramolecular Hbond substituents is 1. The zero-order valence-electron chi connectivity index (χ0n) is 16.4. The molecule has 0 aliphatic heterocycles. The summed E-state index contributed by atoms with van der Waals surface area (Å²) in [5.41, 5.74) is -2.27. The Morgan fingerprint density at radius 2 is 1.97 bits per heavy atom. The molecular formula is C22H20ClF3N2O3. The predicted octanol–water partition coefficient (Wildman–Crippen LogP) is 5.23. The number of hydrogen-bond acceptors (Lipinski definition) is 4. The van der Waals surface area contributed by atoms with Gasteiger partial charge in [-0.15, -0.1) is 0 Å². The molecule has 1 aliphatic rings. The van der Waals surface area contributed by atoms with Crippen LogP contribution in [0.25, 0.3) is 10.9 Å². The van der Waals surface area contributed by atoms with E-state index in [9.17, 15) is 28.2 Å². The van der Waals surface area contributed by atoms with Crippen molar-refractivity contribution < 1.29 is 23.4 Å². The normalized spacial score (nSPS) is 23.5. The number of pyridine rings is 1. The fourth-order valence-electron chi connectivity index (χ4n) is 4.42. The zero-order valence-corrected chi connectivity index (χ0v) is 17.2. The third-order valence-electron chi connectivity index (χ3n) is 6.00. The number of aromatic hydroxyl groups is 1. The van der Waals surface area contributed by atoms with Crippen LogP contribution >= 0.6 is 11.6 Å². The van der Waals surface area contributed by atoms with E-state index in [0.29, 0.717) is 22.2 Å². The number of aliphatic hydroxyl groups is 1. The summed E-state index contributed by atoms with van der Waals surface area (Å²) in [6.07, 6.45) is -5.29. The van der Waals surface area contributed by atoms with Gasteiger partial charge in [-0.25, -0.2) is 0 Å². The third-order valence-corrected chi connectivity index (χ3v) is 6.31. The molecule has 5 nitrogen and oxygen atoms in total. The predicted molar refractivity (Wildman–Crippen MR) is 113 cm³/mol. The Morgan fingerprint density at radius 3 is 2.65 bits per heavy atom. The van der Waals surface area contributed by atoms with E-state index in [-0.39, 0.29) is 28.3 Å². The van der Waals surface area contributed by atoms with Crippen LogP contribution in [0.2, 0.25) is 5.02 Å². The molecule has 31 heavy (non-hydrogen) atoms. The Hall–Kier alpha value is -2.71. The quantitative estimate of drug-likeness (QED) is 0.438. The van der Waals surface area contributed by atoms with E-state index in [0.717, 1.165) is 0 Å². The minimum Gasteiger partial charge on any atom is -0.506 e. The lowest BCUT2D eigenvalue weighted by molar-refractivity contribution is -0.272. The summed E-state index contributed by atoms with van der Waals surface area (Å²) >= 11 is 6.04. The molecule has 3 atom stereocenters. The molecule has 0 saturated carbocycles. The molecule has 3 aromatic rings. The van der Waals surface area contributed by atoms with Crippen LogP contribution < -0.4 is 10.9 Å². The van der Waals surface area contributed by atoms with Gasteiger partial charge in [-0.2, -0.15) is 13.2 Å². The van der Waals surface area contributed by atoms with E-state index < -0.39 is 30.2 Å². The molecule has 0 unspecified atom stereocenters. The minimum atomic E-state index is -4.94. The zero-order chi connectivity index (χ0) is 22.6. The second-order valence-electron chi connectivity index (χ2n) is 7.80. The second kappa shape index (κ2) is 7.46. The molecule has 4 N–H and O–H groups in total. The number of H-pyrrole nitrogens is 1. The monoisotopic (exact) mass is 452 g/mol. The molecule has 0 amide bonds. The van der Waals surface area contributed by atoms with E-state index in [1.54, 1.807) is 25.1 Å². The van der Waals surface area contributed by atoms with Crippen LogP contribution in [-0.2, 0) is 0 Å². The third kappa shape index (κ3) is 3.43. The number of hydrogen-bond donors (Lipinski definition) is 4. The standard InChI is InChI=1S/C22H20ClF3N2O3/c1-2-11-10-21(31,22(24,25)26)20(13-6-8-14(23)19(30)18(11)13)28-16-5-3-4-15-12(16)7-9-17(29)27-15/h3-9,11,20,28,30-31H,2,10H2,1H3,(H,27,29)/t11-,20+,21-/m0/s1. The molecule has 0 bridgehead atoms. The molecule has 9 heteroatoms. The Morgan fingerprint density at radius 1 is 1.23 bits per heavy atom. The summed E-state index contributed by atoms with van der Waals surface area (Å²) in [7, 11) is 0. The van der Waals surface area contributed by atoms with Gasteiger partial charge in [0.25, 0.3) is 0 Å². The van der Waals surface area contributed by atoms with Crippen LogP contribution in [0.4, 0.5) is 18.9 Å². The van der Waals surface area contributed by atoms with E-state index in [1.165, 1.54) is 24.3 Å². The number of halogens is 4. The number of phenols is 1. The van der Waals surface area contributed by atoms with Crippen LogP contribution in [0.5, 0.6) is 5.75 Å². The topological polar surface area (TPSA) is 85.4 Å². The van der Waals surface area contributed by atoms with Crippen LogP contribution in [0.3, 0.4) is 0 Å². The highest BCUT2D eigenvalue weighted by Gasteiger charge is 2.62. The van der Waals surface area contributed by atoms with Gasteiger partial charge in [-0.1, -0.05) is 30.7 Å². The maximum atomic E-state index is 14.2. The highest BCUT2D eigenvalue weighted by atomic mass is 35.5. The van der Waals surface area contributed by atoms with E-state index in [4.69, 9.17) is 11.6 Å². The van der Waals surface area contributed by atoms with Crippen molar-refractivity contribution in [2.24, 2.45) is 0 Å². The first-order chi connectivity index (χ1) is 14.6. The summed E-state index contributed by atoms with van der Waals surface area (Å²) in [6, 6.07) is 8.68. The van der Waals surface area contributed by atoms with Crippen molar-refractivity contribution in [3.8, 4) is 5.75 Å². The lowest BCUT2D eigenvalue weighted by Crippen LogP contribution is -2.55. The molecule has 1 aromatic heterocycles. The van der Waals surface area contributed by atoms with Gasteiger partial charge in [0.2, 0.25) is 5.56 Å². The lowest BCUT2D eigenvalue weighted by atomic mass is 9.69. The first-order valence-corrected chi connectivity index (χ1v) is 10.1. The van der Waals surface area contributed by atoms with E-state index >= 15 is 0 Å². The Bertz CT molecular complexity index is 1210. The molecule has 1 aliphatic carbocycles. The van der Waals surface area contributed by atoms with Crippen molar-refractivity contribution in [1.29, 1.82) is 0 Å². The maximum Gasteiger partial charge on any atom is 0.419 e. The number of alkyl halides is 3. The van der Waals surface area contributed by atoms with E-state index in [1.807, 2.05) is 0 Å². The van der Waals surface area contributed by atoms with Crippen LogP contribution in [-0.4, -0.2) is 27.0 Å². The van der Waals surface area contributed by atoms with E-state index in [2.05, 4.69) is 10.3 Å². The number of anilines is 1. The average Bonchev–Trinajstić information content (AvgIpc) is 2.71. The fourth-order valence-corrected chi connectivity index (χ4v) is 4.59. The molecule has 1 heterocycles. The summed E-state index contributed by atoms with van der Waals surface area (Å²) < 4.78 is 42.6. The molecule has 2 aromatic carbocycles. The first-order valence-electron chi connectivity index (χ1n) is 9.75. The number of benzene rings is 2. The summed E-state index contributed by atoms with van der Waals surface area (Å²) in [5, 5.41) is 24.9. The SMILES string of the molecule is CC[C@H]1C[C@@](O)(C(F)(F)F)[C@H](Nc2cccc3[nH]c(=O)ccc23)c2ccc(Cl)c(O)c21. The van der Waals surface area contributed by atoms with Crippen LogP contribution in [0.15, 0.2) is 47.3 Å². The summed E-state index contributed by atoms with van der Waals surface area (Å²) in [4.78, 5) is 14.2. The van der Waals surface area contributed by atoms with Gasteiger partial charge in [0.15, 0.2) is 5.60 Å². The van der Waals surface area contributed by atoms with Crippen molar-refractivity contribution in [3.63, 3.8) is 0 Å². The Balaban J connectivity index is 1.94. The van der Waals surface area contributed by atoms with Crippen LogP contribution in [0, 0.1) is 0 Å². The number of aromatic nitrogens is 1. The van der Waals surface area contributed by atoms with Crippen molar-refractivity contribution in [3.05, 3.63) is 69.0 Å². The van der Waals surface area contributed by atoms with Crippen LogP contribution in [0.1, 0.15) is 42.9 Å². The van der Waals surface area contributed by atoms with Crippen molar-refractivity contribution in [2.75, 3.05) is 5.32 Å². The molecule has 164 valence electrons.